The van der Waals surface area contributed by atoms with Crippen LogP contribution in [0.1, 0.15) is 265 Å². The van der Waals surface area contributed by atoms with Gasteiger partial charge in [-0.25, -0.2) is 0 Å². The van der Waals surface area contributed by atoms with Crippen LogP contribution in [0.4, 0.5) is 0 Å². The summed E-state index contributed by atoms with van der Waals surface area (Å²) in [6.45, 7) is 6.22. The van der Waals surface area contributed by atoms with Gasteiger partial charge in [-0.05, 0) is 141 Å². The van der Waals surface area contributed by atoms with Gasteiger partial charge in [-0.1, -0.05) is 287 Å². The van der Waals surface area contributed by atoms with E-state index in [1.165, 1.54) is 70.6 Å². The second-order valence-corrected chi connectivity index (χ2v) is 21.2. The highest BCUT2D eigenvalue weighted by atomic mass is 16.6. The molecule has 0 rings (SSSR count). The number of hydrogen-bond acceptors (Lipinski definition) is 6. The van der Waals surface area contributed by atoms with Crippen LogP contribution >= 0.6 is 0 Å². The number of unbranched alkanes of at least 4 members (excludes halogenated alkanes) is 17. The number of allylic oxidation sites excluding steroid dienone is 30. The maximum atomic E-state index is 12.9. The van der Waals surface area contributed by atoms with Gasteiger partial charge < -0.3 is 14.2 Å². The smallest absolute Gasteiger partial charge is 0.306 e. The molecule has 0 heterocycles. The molecule has 0 N–H and O–H groups in total. The van der Waals surface area contributed by atoms with E-state index in [4.69, 9.17) is 14.2 Å². The van der Waals surface area contributed by atoms with Gasteiger partial charge in [0.2, 0.25) is 0 Å². The predicted octanol–water partition coefficient (Wildman–Crippen LogP) is 23.2. The highest BCUT2D eigenvalue weighted by Crippen LogP contribution is 2.15. The normalized spacial score (nSPS) is 13.3. The average Bonchev–Trinajstić information content (AvgIpc) is 3.49. The molecule has 1 unspecified atom stereocenters. The van der Waals surface area contributed by atoms with Crippen molar-refractivity contribution >= 4 is 17.9 Å². The number of ether oxygens (including phenoxy) is 3. The highest BCUT2D eigenvalue weighted by Gasteiger charge is 2.19. The van der Waals surface area contributed by atoms with Gasteiger partial charge in [0, 0.05) is 19.3 Å². The second kappa shape index (κ2) is 69.0. The standard InChI is InChI=1S/C77H120O6/c1-4-7-10-13-16-19-22-25-27-29-31-33-34-35-36-37-38-39-40-41-42-44-45-47-49-52-55-58-61-64-67-70-76(79)82-73-74(72-81-75(78)69-66-63-60-57-54-51-24-21-18-15-12-9-6-3)83-77(80)71-68-65-62-59-56-53-50-48-46-43-32-30-28-26-23-20-17-14-11-8-5-2/h7-12,16-21,25-28,31-33,35-36,38-39,41-43,51,54,60,63,74H,4-6,13-15,22-24,29-30,34,37,40,44-50,52-53,55-59,61-62,64-73H2,1-3H3/b10-7-,11-8-,12-9-,19-16-,20-17-,21-18-,27-25-,28-26-,33-31-,36-35-,39-38-,42-41-,43-32-,54-51-,63-60-. The minimum absolute atomic E-state index is 0.115. The van der Waals surface area contributed by atoms with Gasteiger partial charge in [-0.15, -0.1) is 0 Å². The van der Waals surface area contributed by atoms with Crippen LogP contribution in [0.25, 0.3) is 0 Å². The summed E-state index contributed by atoms with van der Waals surface area (Å²) in [5, 5.41) is 0. The Morgan fingerprint density at radius 2 is 0.458 bits per heavy atom. The Kier molecular flexibility index (Phi) is 64.4. The van der Waals surface area contributed by atoms with Gasteiger partial charge in [0.25, 0.3) is 0 Å². The summed E-state index contributed by atoms with van der Waals surface area (Å²) in [4.78, 5) is 38.3. The first-order valence-corrected chi connectivity index (χ1v) is 33.3. The summed E-state index contributed by atoms with van der Waals surface area (Å²) in [7, 11) is 0. The van der Waals surface area contributed by atoms with Crippen molar-refractivity contribution in [2.45, 2.75) is 271 Å². The third-order valence-corrected chi connectivity index (χ3v) is 13.4. The summed E-state index contributed by atoms with van der Waals surface area (Å²) in [5.74, 6) is -1.02. The molecule has 0 bridgehead atoms. The first-order valence-electron chi connectivity index (χ1n) is 33.3. The molecule has 6 nitrogen and oxygen atoms in total. The van der Waals surface area contributed by atoms with Crippen LogP contribution in [0, 0.1) is 0 Å². The van der Waals surface area contributed by atoms with E-state index in [2.05, 4.69) is 197 Å². The Morgan fingerprint density at radius 3 is 0.747 bits per heavy atom. The Hall–Kier alpha value is -5.49. The van der Waals surface area contributed by atoms with E-state index in [-0.39, 0.29) is 37.5 Å². The lowest BCUT2D eigenvalue weighted by Crippen LogP contribution is -2.30. The largest absolute Gasteiger partial charge is 0.462 e. The van der Waals surface area contributed by atoms with Crippen molar-refractivity contribution in [2.75, 3.05) is 13.2 Å². The molecule has 83 heavy (non-hydrogen) atoms. The summed E-state index contributed by atoms with van der Waals surface area (Å²) in [5.41, 5.74) is 0. The minimum Gasteiger partial charge on any atom is -0.462 e. The van der Waals surface area contributed by atoms with Crippen LogP contribution in [0.15, 0.2) is 182 Å². The maximum absolute atomic E-state index is 12.9. The molecule has 0 fully saturated rings. The fraction of sp³-hybridized carbons (Fsp3) is 0.571. The zero-order valence-electron chi connectivity index (χ0n) is 53.1. The van der Waals surface area contributed by atoms with Crippen molar-refractivity contribution in [3.8, 4) is 0 Å². The second-order valence-electron chi connectivity index (χ2n) is 21.2. The van der Waals surface area contributed by atoms with Gasteiger partial charge >= 0.3 is 17.9 Å². The Labute approximate surface area is 510 Å². The SMILES string of the molecule is CC/C=C\C/C=C\C/C=C\C/C=C\C/C=C\C/C=C\C/C=C\CCCCCCCCCCCC(=O)OCC(COC(=O)CC/C=C\C/C=C\C/C=C\C/C=C\CC)OC(=O)CCCCCCCCCC/C=C\C/C=C\C/C=C\C/C=C\CC. The molecule has 0 aliphatic rings. The molecule has 0 saturated carbocycles. The monoisotopic (exact) mass is 1140 g/mol. The van der Waals surface area contributed by atoms with Gasteiger partial charge in [0.05, 0.1) is 0 Å². The molecule has 0 amide bonds. The van der Waals surface area contributed by atoms with Gasteiger partial charge in [0.1, 0.15) is 13.2 Å². The molecule has 0 aliphatic carbocycles. The molecule has 1 atom stereocenters. The number of carbonyl (C=O) groups excluding carboxylic acids is 3. The van der Waals surface area contributed by atoms with E-state index in [1.54, 1.807) is 0 Å². The Bertz CT molecular complexity index is 1940. The zero-order valence-corrected chi connectivity index (χ0v) is 53.1. The number of rotatable bonds is 58. The predicted molar refractivity (Wildman–Crippen MR) is 361 cm³/mol. The highest BCUT2D eigenvalue weighted by molar-refractivity contribution is 5.71. The van der Waals surface area contributed by atoms with Crippen molar-refractivity contribution in [3.05, 3.63) is 182 Å². The van der Waals surface area contributed by atoms with Gasteiger partial charge in [-0.2, -0.15) is 0 Å². The fourth-order valence-corrected chi connectivity index (χ4v) is 8.55. The van der Waals surface area contributed by atoms with E-state index in [1.807, 2.05) is 6.08 Å². The van der Waals surface area contributed by atoms with Crippen LogP contribution < -0.4 is 0 Å². The van der Waals surface area contributed by atoms with Crippen molar-refractivity contribution in [1.29, 1.82) is 0 Å². The fourth-order valence-electron chi connectivity index (χ4n) is 8.55. The summed E-state index contributed by atoms with van der Waals surface area (Å²) in [6.07, 6.45) is 103. The lowest BCUT2D eigenvalue weighted by molar-refractivity contribution is -0.166. The maximum Gasteiger partial charge on any atom is 0.306 e. The van der Waals surface area contributed by atoms with Crippen molar-refractivity contribution in [3.63, 3.8) is 0 Å². The van der Waals surface area contributed by atoms with E-state index >= 15 is 0 Å². The van der Waals surface area contributed by atoms with E-state index in [9.17, 15) is 14.4 Å². The molecule has 0 radical (unpaired) electrons. The summed E-state index contributed by atoms with van der Waals surface area (Å²) < 4.78 is 16.8. The lowest BCUT2D eigenvalue weighted by Gasteiger charge is -2.18. The first-order chi connectivity index (χ1) is 41.0. The molecule has 0 aromatic heterocycles. The quantitative estimate of drug-likeness (QED) is 0.0261. The number of hydrogen-bond donors (Lipinski definition) is 0. The molecule has 0 aromatic rings. The molecule has 0 spiro atoms. The third kappa shape index (κ3) is 67.2. The Morgan fingerprint density at radius 1 is 0.241 bits per heavy atom. The van der Waals surface area contributed by atoms with Crippen LogP contribution in [-0.2, 0) is 28.6 Å². The Balaban J connectivity index is 4.38. The molecule has 0 saturated heterocycles. The van der Waals surface area contributed by atoms with Crippen LogP contribution in [0.2, 0.25) is 0 Å². The van der Waals surface area contributed by atoms with Gasteiger partial charge in [-0.3, -0.25) is 14.4 Å². The molecule has 464 valence electrons. The minimum atomic E-state index is -0.825. The van der Waals surface area contributed by atoms with Crippen LogP contribution in [-0.4, -0.2) is 37.2 Å². The lowest BCUT2D eigenvalue weighted by atomic mass is 10.1. The van der Waals surface area contributed by atoms with Crippen LogP contribution in [0.5, 0.6) is 0 Å². The van der Waals surface area contributed by atoms with E-state index in [0.29, 0.717) is 19.3 Å². The number of carbonyl (C=O) groups is 3. The van der Waals surface area contributed by atoms with Crippen molar-refractivity contribution < 1.29 is 28.6 Å². The molecule has 0 aliphatic heterocycles. The summed E-state index contributed by atoms with van der Waals surface area (Å²) >= 11 is 0. The summed E-state index contributed by atoms with van der Waals surface area (Å²) in [6, 6.07) is 0. The number of esters is 3. The molecular weight excluding hydrogens is 1020 g/mol. The topological polar surface area (TPSA) is 78.9 Å². The molecular formula is C77H120O6. The molecule has 0 aromatic carbocycles. The first kappa shape index (κ1) is 77.5. The zero-order chi connectivity index (χ0) is 59.9. The third-order valence-electron chi connectivity index (χ3n) is 13.4. The van der Waals surface area contributed by atoms with Crippen molar-refractivity contribution in [2.24, 2.45) is 0 Å². The van der Waals surface area contributed by atoms with E-state index < -0.39 is 6.10 Å². The van der Waals surface area contributed by atoms with E-state index in [0.717, 1.165) is 148 Å². The average molecular weight is 1140 g/mol. The van der Waals surface area contributed by atoms with Crippen LogP contribution in [0.3, 0.4) is 0 Å². The van der Waals surface area contributed by atoms with Crippen molar-refractivity contribution in [1.82, 2.24) is 0 Å². The van der Waals surface area contributed by atoms with Gasteiger partial charge in [0.15, 0.2) is 6.10 Å². The molecule has 6 heteroatoms.